The standard InChI is InChI=1S/C37H41N3O6/c1-40(23-27-11-7-4-8-12-27)24-32-22-34(29-15-13-28(25-41)14-16-29)46-36(45-32)30-17-19-31(20-18-30)38-37(43)39-33(35(42)44-2)21-26-9-5-3-6-10-26/h3-20,32-34,36,41H,21-25H2,1-2H3,(H2,38,39,43)/t32-,33+,34+,36+/m1/s1. The van der Waals surface area contributed by atoms with Crippen LogP contribution in [-0.4, -0.2) is 54.9 Å². The summed E-state index contributed by atoms with van der Waals surface area (Å²) in [6.45, 7) is 1.50. The van der Waals surface area contributed by atoms with Crippen LogP contribution in [0.1, 0.15) is 46.6 Å². The van der Waals surface area contributed by atoms with E-state index in [-0.39, 0.29) is 18.8 Å². The molecule has 1 aliphatic heterocycles. The number of ether oxygens (including phenoxy) is 3. The van der Waals surface area contributed by atoms with Crippen molar-refractivity contribution in [3.8, 4) is 0 Å². The van der Waals surface area contributed by atoms with Gasteiger partial charge in [0.25, 0.3) is 0 Å². The average molecular weight is 624 g/mol. The number of urea groups is 1. The first-order valence-electron chi connectivity index (χ1n) is 15.4. The number of amides is 2. The summed E-state index contributed by atoms with van der Waals surface area (Å²) < 4.78 is 17.9. The molecule has 4 atom stereocenters. The summed E-state index contributed by atoms with van der Waals surface area (Å²) in [6, 6.07) is 33.5. The molecule has 0 radical (unpaired) electrons. The number of esters is 1. The molecule has 0 saturated carbocycles. The third-order valence-electron chi connectivity index (χ3n) is 7.94. The van der Waals surface area contributed by atoms with Gasteiger partial charge < -0.3 is 30.0 Å². The number of rotatable bonds is 12. The molecule has 5 rings (SSSR count). The van der Waals surface area contributed by atoms with E-state index in [1.807, 2.05) is 84.9 Å². The van der Waals surface area contributed by atoms with E-state index in [0.29, 0.717) is 25.1 Å². The molecule has 3 N–H and O–H groups in total. The third kappa shape index (κ3) is 9.24. The third-order valence-corrected chi connectivity index (χ3v) is 7.94. The highest BCUT2D eigenvalue weighted by atomic mass is 16.7. The molecule has 4 aromatic carbocycles. The van der Waals surface area contributed by atoms with Gasteiger partial charge >= 0.3 is 12.0 Å². The second kappa shape index (κ2) is 16.1. The molecule has 0 unspecified atom stereocenters. The molecular weight excluding hydrogens is 582 g/mol. The van der Waals surface area contributed by atoms with Gasteiger partial charge in [0.15, 0.2) is 6.29 Å². The summed E-state index contributed by atoms with van der Waals surface area (Å²) in [5.74, 6) is -0.523. The van der Waals surface area contributed by atoms with E-state index in [1.54, 1.807) is 12.1 Å². The number of carbonyl (C=O) groups is 2. The van der Waals surface area contributed by atoms with E-state index in [1.165, 1.54) is 12.7 Å². The van der Waals surface area contributed by atoms with Gasteiger partial charge in [-0.15, -0.1) is 0 Å². The minimum atomic E-state index is -0.837. The smallest absolute Gasteiger partial charge is 0.328 e. The van der Waals surface area contributed by atoms with Gasteiger partial charge in [-0.25, -0.2) is 9.59 Å². The van der Waals surface area contributed by atoms with Gasteiger partial charge in [-0.05, 0) is 41.4 Å². The fraction of sp³-hybridized carbons (Fsp3) is 0.297. The van der Waals surface area contributed by atoms with Gasteiger partial charge in [-0.3, -0.25) is 4.90 Å². The lowest BCUT2D eigenvalue weighted by molar-refractivity contribution is -0.252. The molecule has 4 aromatic rings. The van der Waals surface area contributed by atoms with Crippen molar-refractivity contribution in [2.75, 3.05) is 26.0 Å². The van der Waals surface area contributed by atoms with E-state index < -0.39 is 24.3 Å². The molecule has 1 heterocycles. The second-order valence-corrected chi connectivity index (χ2v) is 11.5. The van der Waals surface area contributed by atoms with Crippen molar-refractivity contribution in [3.63, 3.8) is 0 Å². The van der Waals surface area contributed by atoms with Crippen LogP contribution in [0.3, 0.4) is 0 Å². The molecule has 9 heteroatoms. The Bertz CT molecular complexity index is 1530. The van der Waals surface area contributed by atoms with Crippen LogP contribution in [0.15, 0.2) is 109 Å². The van der Waals surface area contributed by atoms with E-state index in [2.05, 4.69) is 34.7 Å². The number of carbonyl (C=O) groups excluding carboxylic acids is 2. The Kier molecular flexibility index (Phi) is 11.5. The van der Waals surface area contributed by atoms with Gasteiger partial charge in [-0.2, -0.15) is 0 Å². The van der Waals surface area contributed by atoms with Crippen LogP contribution in [0.25, 0.3) is 0 Å². The maximum absolute atomic E-state index is 12.8. The summed E-state index contributed by atoms with van der Waals surface area (Å²) in [5, 5.41) is 15.0. The molecule has 0 spiro atoms. The van der Waals surface area contributed by atoms with Crippen molar-refractivity contribution in [1.29, 1.82) is 0 Å². The summed E-state index contributed by atoms with van der Waals surface area (Å²) >= 11 is 0. The van der Waals surface area contributed by atoms with Crippen LogP contribution < -0.4 is 10.6 Å². The Balaban J connectivity index is 1.25. The first kappa shape index (κ1) is 32.8. The molecule has 2 amide bonds. The van der Waals surface area contributed by atoms with Crippen LogP contribution in [0.2, 0.25) is 0 Å². The monoisotopic (exact) mass is 623 g/mol. The van der Waals surface area contributed by atoms with Gasteiger partial charge in [0.2, 0.25) is 0 Å². The average Bonchev–Trinajstić information content (AvgIpc) is 3.08. The number of aliphatic hydroxyl groups is 1. The zero-order valence-electron chi connectivity index (χ0n) is 26.2. The van der Waals surface area contributed by atoms with Gasteiger partial charge in [-0.1, -0.05) is 97.1 Å². The number of methoxy groups -OCH3 is 1. The van der Waals surface area contributed by atoms with Crippen LogP contribution in [-0.2, 0) is 38.6 Å². The Morgan fingerprint density at radius 2 is 1.48 bits per heavy atom. The predicted molar refractivity (Wildman–Crippen MR) is 176 cm³/mol. The highest BCUT2D eigenvalue weighted by Crippen LogP contribution is 2.38. The maximum atomic E-state index is 12.8. The Hall–Kier alpha value is -4.54. The number of hydrogen-bond acceptors (Lipinski definition) is 7. The number of anilines is 1. The zero-order chi connectivity index (χ0) is 32.3. The van der Waals surface area contributed by atoms with Gasteiger partial charge in [0.05, 0.1) is 25.9 Å². The number of benzene rings is 4. The number of nitrogens with zero attached hydrogens (tertiary/aromatic N) is 1. The second-order valence-electron chi connectivity index (χ2n) is 11.5. The Morgan fingerprint density at radius 3 is 2.11 bits per heavy atom. The van der Waals surface area contributed by atoms with Crippen LogP contribution in [0.5, 0.6) is 0 Å². The zero-order valence-corrected chi connectivity index (χ0v) is 26.2. The van der Waals surface area contributed by atoms with Gasteiger partial charge in [0, 0.05) is 37.2 Å². The van der Waals surface area contributed by atoms with E-state index in [4.69, 9.17) is 14.2 Å². The molecule has 1 saturated heterocycles. The van der Waals surface area contributed by atoms with Crippen molar-refractivity contribution < 1.29 is 28.9 Å². The van der Waals surface area contributed by atoms with Crippen molar-refractivity contribution in [2.45, 2.75) is 50.5 Å². The highest BCUT2D eigenvalue weighted by Gasteiger charge is 2.33. The Labute approximate surface area is 270 Å². The lowest BCUT2D eigenvalue weighted by atomic mass is 9.99. The number of aliphatic hydroxyl groups excluding tert-OH is 1. The van der Waals surface area contributed by atoms with Crippen molar-refractivity contribution in [2.24, 2.45) is 0 Å². The minimum absolute atomic E-state index is 0.0147. The van der Waals surface area contributed by atoms with Gasteiger partial charge in [0.1, 0.15) is 6.04 Å². The number of nitrogens with one attached hydrogen (secondary N) is 2. The van der Waals surface area contributed by atoms with E-state index >= 15 is 0 Å². The fourth-order valence-corrected chi connectivity index (χ4v) is 5.57. The normalized spacial score (nSPS) is 18.5. The SMILES string of the molecule is COC(=O)[C@H](Cc1ccccc1)NC(=O)Nc1ccc([C@H]2O[C@@H](CN(C)Cc3ccccc3)C[C@@H](c3ccc(CO)cc3)O2)cc1. The molecule has 240 valence electrons. The summed E-state index contributed by atoms with van der Waals surface area (Å²) in [4.78, 5) is 27.5. The van der Waals surface area contributed by atoms with E-state index in [0.717, 1.165) is 28.8 Å². The number of likely N-dealkylation sites (N-methyl/N-ethyl adjacent to an activating group) is 1. The lowest BCUT2D eigenvalue weighted by Gasteiger charge is -2.38. The van der Waals surface area contributed by atoms with Crippen molar-refractivity contribution in [1.82, 2.24) is 10.2 Å². The first-order valence-corrected chi connectivity index (χ1v) is 15.4. The van der Waals surface area contributed by atoms with Crippen LogP contribution in [0.4, 0.5) is 10.5 Å². The summed E-state index contributed by atoms with van der Waals surface area (Å²) in [5.41, 5.74) is 5.37. The van der Waals surface area contributed by atoms with E-state index in [9.17, 15) is 14.7 Å². The topological polar surface area (TPSA) is 109 Å². The summed E-state index contributed by atoms with van der Waals surface area (Å²) in [7, 11) is 3.39. The Morgan fingerprint density at radius 1 is 0.848 bits per heavy atom. The van der Waals surface area contributed by atoms with Crippen LogP contribution >= 0.6 is 0 Å². The fourth-order valence-electron chi connectivity index (χ4n) is 5.57. The number of hydrogen-bond donors (Lipinski definition) is 3. The largest absolute Gasteiger partial charge is 0.467 e. The molecule has 0 bridgehead atoms. The predicted octanol–water partition coefficient (Wildman–Crippen LogP) is 5.76. The molecule has 1 aliphatic rings. The molecular formula is C37H41N3O6. The quantitative estimate of drug-likeness (QED) is 0.172. The van der Waals surface area contributed by atoms with Crippen LogP contribution in [0, 0.1) is 0 Å². The maximum Gasteiger partial charge on any atom is 0.328 e. The first-order chi connectivity index (χ1) is 22.4. The van der Waals surface area contributed by atoms with Crippen molar-refractivity contribution in [3.05, 3.63) is 137 Å². The molecule has 0 aliphatic carbocycles. The van der Waals surface area contributed by atoms with Crippen molar-refractivity contribution >= 4 is 17.7 Å². The molecule has 46 heavy (non-hydrogen) atoms. The highest BCUT2D eigenvalue weighted by molar-refractivity contribution is 5.92. The lowest BCUT2D eigenvalue weighted by Crippen LogP contribution is -2.45. The molecule has 1 fully saturated rings. The summed E-state index contributed by atoms with van der Waals surface area (Å²) in [6.07, 6.45) is 0.0624. The molecule has 0 aromatic heterocycles. The minimum Gasteiger partial charge on any atom is -0.467 e. The molecule has 9 nitrogen and oxygen atoms in total.